The van der Waals surface area contributed by atoms with Crippen LogP contribution in [0.15, 0.2) is 48.0 Å². The van der Waals surface area contributed by atoms with Crippen molar-refractivity contribution in [2.24, 2.45) is 7.05 Å². The highest BCUT2D eigenvalue weighted by Gasteiger charge is 2.32. The number of hydrogen-bond donors (Lipinski definition) is 1. The first-order valence-electron chi connectivity index (χ1n) is 9.99. The number of benzene rings is 1. The van der Waals surface area contributed by atoms with E-state index in [1.54, 1.807) is 55.5 Å². The van der Waals surface area contributed by atoms with Crippen LogP contribution in [0.5, 0.6) is 11.5 Å². The first kappa shape index (κ1) is 21.1. The molecule has 0 bridgehead atoms. The summed E-state index contributed by atoms with van der Waals surface area (Å²) in [6.45, 7) is 0.809. The molecule has 4 rings (SSSR count). The van der Waals surface area contributed by atoms with Crippen molar-refractivity contribution in [2.45, 2.75) is 12.5 Å². The minimum atomic E-state index is -0.394. The molecule has 8 heteroatoms. The standard InChI is InChI=1S/C23H25N3O4S/c1-25-9-4-6-17(25)23(28)24-21(27)14-26-10-8-15-12-18(29-2)19(30-3)13-16(15)22(26)20-7-5-11-31-20/h4-7,9,11-13,22H,8,10,14H2,1-3H3,(H,24,27,28). The Balaban J connectivity index is 1.60. The van der Waals surface area contributed by atoms with Crippen molar-refractivity contribution < 1.29 is 19.1 Å². The van der Waals surface area contributed by atoms with Crippen LogP contribution in [0.4, 0.5) is 0 Å². The molecule has 2 amide bonds. The van der Waals surface area contributed by atoms with Gasteiger partial charge < -0.3 is 14.0 Å². The Morgan fingerprint density at radius 2 is 1.94 bits per heavy atom. The SMILES string of the molecule is COc1cc2c(cc1OC)C(c1cccs1)N(CC(=O)NC(=O)c1cccn1C)CC2. The fourth-order valence-corrected chi connectivity index (χ4v) is 4.94. The van der Waals surface area contributed by atoms with E-state index in [4.69, 9.17) is 9.47 Å². The third kappa shape index (κ3) is 4.22. The summed E-state index contributed by atoms with van der Waals surface area (Å²) in [6, 6.07) is 11.5. The van der Waals surface area contributed by atoms with Gasteiger partial charge >= 0.3 is 0 Å². The fourth-order valence-electron chi connectivity index (χ4n) is 4.06. The van der Waals surface area contributed by atoms with E-state index in [0.717, 1.165) is 16.9 Å². The number of ether oxygens (including phenoxy) is 2. The van der Waals surface area contributed by atoms with Crippen LogP contribution in [0.25, 0.3) is 0 Å². The number of fused-ring (bicyclic) bond motifs is 1. The minimum absolute atomic E-state index is 0.0977. The van der Waals surface area contributed by atoms with Crippen molar-refractivity contribution in [3.05, 3.63) is 69.7 Å². The van der Waals surface area contributed by atoms with E-state index < -0.39 is 5.91 Å². The molecule has 0 fully saturated rings. The van der Waals surface area contributed by atoms with Crippen LogP contribution < -0.4 is 14.8 Å². The van der Waals surface area contributed by atoms with Crippen LogP contribution in [0.3, 0.4) is 0 Å². The van der Waals surface area contributed by atoms with Gasteiger partial charge in [0.1, 0.15) is 5.69 Å². The number of aryl methyl sites for hydroxylation is 1. The lowest BCUT2D eigenvalue weighted by Gasteiger charge is -2.36. The lowest BCUT2D eigenvalue weighted by molar-refractivity contribution is -0.121. The van der Waals surface area contributed by atoms with Crippen molar-refractivity contribution in [1.82, 2.24) is 14.8 Å². The van der Waals surface area contributed by atoms with Gasteiger partial charge in [0.25, 0.3) is 5.91 Å². The third-order valence-electron chi connectivity index (χ3n) is 5.56. The molecule has 0 aliphatic carbocycles. The number of hydrogen-bond acceptors (Lipinski definition) is 6. The fraction of sp³-hybridized carbons (Fsp3) is 0.304. The number of amides is 2. The zero-order valence-electron chi connectivity index (χ0n) is 17.8. The number of nitrogens with zero attached hydrogens (tertiary/aromatic N) is 2. The van der Waals surface area contributed by atoms with Crippen LogP contribution in [-0.2, 0) is 18.3 Å². The normalized spacial score (nSPS) is 15.9. The second-order valence-electron chi connectivity index (χ2n) is 7.43. The average molecular weight is 440 g/mol. The molecule has 0 saturated heterocycles. The number of carbonyl (C=O) groups is 2. The van der Waals surface area contributed by atoms with Crippen LogP contribution in [0, 0.1) is 0 Å². The quantitative estimate of drug-likeness (QED) is 0.639. The zero-order valence-corrected chi connectivity index (χ0v) is 18.6. The minimum Gasteiger partial charge on any atom is -0.493 e. The van der Waals surface area contributed by atoms with Crippen LogP contribution in [0.2, 0.25) is 0 Å². The summed E-state index contributed by atoms with van der Waals surface area (Å²) in [6.07, 6.45) is 2.55. The number of carbonyl (C=O) groups excluding carboxylic acids is 2. The Kier molecular flexibility index (Phi) is 6.11. The maximum atomic E-state index is 12.8. The zero-order chi connectivity index (χ0) is 22.0. The van der Waals surface area contributed by atoms with Gasteiger partial charge in [-0.1, -0.05) is 6.07 Å². The molecule has 0 spiro atoms. The second-order valence-corrected chi connectivity index (χ2v) is 8.41. The monoisotopic (exact) mass is 439 g/mol. The summed E-state index contributed by atoms with van der Waals surface area (Å²) in [7, 11) is 5.02. The van der Waals surface area contributed by atoms with E-state index >= 15 is 0 Å². The summed E-state index contributed by atoms with van der Waals surface area (Å²) in [5, 5.41) is 4.55. The predicted octanol–water partition coefficient (Wildman–Crippen LogP) is 3.01. The Labute approximate surface area is 185 Å². The van der Waals surface area contributed by atoms with Crippen LogP contribution in [0.1, 0.15) is 32.5 Å². The topological polar surface area (TPSA) is 72.8 Å². The van der Waals surface area contributed by atoms with E-state index in [2.05, 4.69) is 16.3 Å². The number of thiophene rings is 1. The molecule has 1 aliphatic heterocycles. The molecule has 1 atom stereocenters. The van der Waals surface area contributed by atoms with Gasteiger partial charge in [-0.2, -0.15) is 0 Å². The van der Waals surface area contributed by atoms with Gasteiger partial charge in [0.2, 0.25) is 5.91 Å². The maximum Gasteiger partial charge on any atom is 0.274 e. The Morgan fingerprint density at radius 3 is 2.58 bits per heavy atom. The average Bonchev–Trinajstić information content (AvgIpc) is 3.44. The molecule has 1 aromatic carbocycles. The van der Waals surface area contributed by atoms with Gasteiger partial charge in [0.05, 0.1) is 26.8 Å². The molecule has 31 heavy (non-hydrogen) atoms. The Morgan fingerprint density at radius 1 is 1.16 bits per heavy atom. The van der Waals surface area contributed by atoms with Gasteiger partial charge in [-0.3, -0.25) is 19.8 Å². The molecular weight excluding hydrogens is 414 g/mol. The predicted molar refractivity (Wildman–Crippen MR) is 119 cm³/mol. The first-order chi connectivity index (χ1) is 15.0. The Bertz CT molecular complexity index is 1090. The number of methoxy groups -OCH3 is 2. The molecule has 1 N–H and O–H groups in total. The lowest BCUT2D eigenvalue weighted by atomic mass is 9.91. The van der Waals surface area contributed by atoms with E-state index in [-0.39, 0.29) is 18.5 Å². The maximum absolute atomic E-state index is 12.8. The molecular formula is C23H25N3O4S. The molecule has 0 saturated carbocycles. The number of aromatic nitrogens is 1. The van der Waals surface area contributed by atoms with Gasteiger partial charge in [0.15, 0.2) is 11.5 Å². The van der Waals surface area contributed by atoms with Crippen molar-refractivity contribution in [3.8, 4) is 11.5 Å². The second kappa shape index (κ2) is 8.95. The molecule has 162 valence electrons. The van der Waals surface area contributed by atoms with Crippen molar-refractivity contribution in [3.63, 3.8) is 0 Å². The largest absolute Gasteiger partial charge is 0.493 e. The van der Waals surface area contributed by atoms with Gasteiger partial charge in [-0.25, -0.2) is 0 Å². The van der Waals surface area contributed by atoms with Gasteiger partial charge in [-0.15, -0.1) is 11.3 Å². The molecule has 3 aromatic rings. The summed E-state index contributed by atoms with van der Waals surface area (Å²) >= 11 is 1.65. The van der Waals surface area contributed by atoms with E-state index in [1.165, 1.54) is 5.56 Å². The number of imide groups is 1. The van der Waals surface area contributed by atoms with Gasteiger partial charge in [-0.05, 0) is 53.3 Å². The Hall–Kier alpha value is -3.10. The smallest absolute Gasteiger partial charge is 0.274 e. The highest BCUT2D eigenvalue weighted by Crippen LogP contribution is 2.42. The summed E-state index contributed by atoms with van der Waals surface area (Å²) in [5.74, 6) is 0.643. The van der Waals surface area contributed by atoms with Gasteiger partial charge in [0, 0.05) is 24.7 Å². The van der Waals surface area contributed by atoms with E-state index in [9.17, 15) is 9.59 Å². The number of rotatable bonds is 6. The number of nitrogens with one attached hydrogen (secondary N) is 1. The van der Waals surface area contributed by atoms with Crippen LogP contribution >= 0.6 is 11.3 Å². The summed E-state index contributed by atoms with van der Waals surface area (Å²) in [5.41, 5.74) is 2.71. The van der Waals surface area contributed by atoms with Crippen molar-refractivity contribution in [2.75, 3.05) is 27.3 Å². The molecule has 3 heterocycles. The molecule has 2 aromatic heterocycles. The van der Waals surface area contributed by atoms with Crippen LogP contribution in [-0.4, -0.2) is 48.6 Å². The first-order valence-corrected chi connectivity index (χ1v) is 10.9. The van der Waals surface area contributed by atoms with E-state index in [0.29, 0.717) is 23.7 Å². The van der Waals surface area contributed by atoms with Crippen molar-refractivity contribution in [1.29, 1.82) is 0 Å². The molecule has 7 nitrogen and oxygen atoms in total. The molecule has 0 radical (unpaired) electrons. The van der Waals surface area contributed by atoms with E-state index in [1.807, 2.05) is 23.6 Å². The molecule has 1 aliphatic rings. The lowest BCUT2D eigenvalue weighted by Crippen LogP contribution is -2.44. The van der Waals surface area contributed by atoms with Crippen molar-refractivity contribution >= 4 is 23.2 Å². The molecule has 1 unspecified atom stereocenters. The highest BCUT2D eigenvalue weighted by molar-refractivity contribution is 7.10. The highest BCUT2D eigenvalue weighted by atomic mass is 32.1. The summed E-state index contributed by atoms with van der Waals surface area (Å²) < 4.78 is 12.7. The summed E-state index contributed by atoms with van der Waals surface area (Å²) in [4.78, 5) is 28.4. The third-order valence-corrected chi connectivity index (χ3v) is 6.49.